The maximum atomic E-state index is 12.9. The van der Waals surface area contributed by atoms with Crippen LogP contribution < -0.4 is 5.32 Å². The lowest BCUT2D eigenvalue weighted by molar-refractivity contribution is -0.160. The number of carbonyl (C=O) groups excluding carboxylic acids is 2. The summed E-state index contributed by atoms with van der Waals surface area (Å²) >= 11 is 0. The maximum Gasteiger partial charge on any atom is 0.408 e. The molecule has 1 N–H and O–H groups in total. The number of rotatable bonds is 6. The first kappa shape index (κ1) is 26.2. The van der Waals surface area contributed by atoms with Crippen LogP contribution in [0.4, 0.5) is 4.79 Å². The third-order valence-electron chi connectivity index (χ3n) is 9.22. The molecule has 0 spiro atoms. The lowest BCUT2D eigenvalue weighted by Gasteiger charge is -2.47. The summed E-state index contributed by atoms with van der Waals surface area (Å²) in [6, 6.07) is 0.0561. The summed E-state index contributed by atoms with van der Waals surface area (Å²) in [5.74, 6) is -0.0816. The number of alkyl carbamates (subject to hydrolysis) is 1. The molecular formula is C27H47N5O4. The van der Waals surface area contributed by atoms with Crippen molar-refractivity contribution < 1.29 is 19.1 Å². The number of nitrogens with zero attached hydrogens (tertiary/aromatic N) is 4. The Morgan fingerprint density at radius 2 is 1.33 bits per heavy atom. The van der Waals surface area contributed by atoms with E-state index in [4.69, 9.17) is 9.47 Å². The molecule has 36 heavy (non-hydrogen) atoms. The first-order valence-electron chi connectivity index (χ1n) is 14.3. The van der Waals surface area contributed by atoms with Crippen molar-refractivity contribution in [2.24, 2.45) is 10.8 Å². The summed E-state index contributed by atoms with van der Waals surface area (Å²) in [5, 5.41) is 3.21. The fraction of sp³-hybridized carbons (Fsp3) is 0.926. The van der Waals surface area contributed by atoms with Crippen molar-refractivity contribution in [3.8, 4) is 0 Å². The van der Waals surface area contributed by atoms with Gasteiger partial charge in [-0.1, -0.05) is 20.8 Å². The van der Waals surface area contributed by atoms with E-state index in [0.717, 1.165) is 104 Å². The van der Waals surface area contributed by atoms with Crippen LogP contribution in [0.25, 0.3) is 0 Å². The number of esters is 1. The average molecular weight is 506 g/mol. The van der Waals surface area contributed by atoms with Gasteiger partial charge in [0.2, 0.25) is 0 Å². The molecule has 0 aromatic rings. The molecule has 0 radical (unpaired) electrons. The van der Waals surface area contributed by atoms with E-state index < -0.39 is 0 Å². The van der Waals surface area contributed by atoms with Crippen molar-refractivity contribution >= 4 is 12.1 Å². The normalized spacial score (nSPS) is 41.7. The number of hydrogen-bond donors (Lipinski definition) is 1. The number of ether oxygens (including phenoxy) is 2. The van der Waals surface area contributed by atoms with Crippen LogP contribution in [0.5, 0.6) is 0 Å². The highest BCUT2D eigenvalue weighted by Gasteiger charge is 2.42. The second kappa shape index (κ2) is 10.8. The molecule has 4 unspecified atom stereocenters. The molecule has 9 heteroatoms. The Bertz CT molecular complexity index is 793. The van der Waals surface area contributed by atoms with Gasteiger partial charge in [-0.3, -0.25) is 14.6 Å². The molecule has 0 aromatic carbocycles. The van der Waals surface area contributed by atoms with E-state index in [0.29, 0.717) is 6.42 Å². The van der Waals surface area contributed by atoms with Crippen molar-refractivity contribution in [3.63, 3.8) is 0 Å². The number of nitrogens with one attached hydrogen (secondary N) is 1. The highest BCUT2D eigenvalue weighted by molar-refractivity contribution is 5.69. The lowest BCUT2D eigenvalue weighted by atomic mass is 9.61. The van der Waals surface area contributed by atoms with Gasteiger partial charge in [-0.05, 0) is 36.5 Å². The predicted octanol–water partition coefficient (Wildman–Crippen LogP) is 2.32. The summed E-state index contributed by atoms with van der Waals surface area (Å²) in [4.78, 5) is 35.3. The molecule has 0 aromatic heterocycles. The van der Waals surface area contributed by atoms with Crippen molar-refractivity contribution in [3.05, 3.63) is 0 Å². The van der Waals surface area contributed by atoms with Crippen LogP contribution in [0.1, 0.15) is 65.7 Å². The standard InChI is InChI=1S/C27H47N5O4/c1-26(2)18-21(28-25(34)36-23-6-9-30-12-16-32(23)17-13-30)19-27(3,20-26)7-4-24(33)35-22-5-8-29-10-14-31(22)15-11-29/h21-23H,4-20H2,1-3H3,(H,28,34). The number of carbonyl (C=O) groups is 2. The fourth-order valence-corrected chi connectivity index (χ4v) is 7.63. The molecule has 6 saturated heterocycles. The third-order valence-corrected chi connectivity index (χ3v) is 9.22. The van der Waals surface area contributed by atoms with E-state index in [1.165, 1.54) is 0 Å². The van der Waals surface area contributed by atoms with Gasteiger partial charge in [-0.25, -0.2) is 4.79 Å². The van der Waals surface area contributed by atoms with Gasteiger partial charge in [0.25, 0.3) is 0 Å². The monoisotopic (exact) mass is 505 g/mol. The molecule has 7 aliphatic rings. The second-order valence-electron chi connectivity index (χ2n) is 13.0. The van der Waals surface area contributed by atoms with E-state index in [1.54, 1.807) is 0 Å². The molecule has 204 valence electrons. The predicted molar refractivity (Wildman–Crippen MR) is 137 cm³/mol. The Balaban J connectivity index is 1.12. The van der Waals surface area contributed by atoms with E-state index >= 15 is 0 Å². The summed E-state index contributed by atoms with van der Waals surface area (Å²) in [6.45, 7) is 17.0. The topological polar surface area (TPSA) is 77.6 Å². The molecular weight excluding hydrogens is 458 g/mol. The number of amides is 1. The highest BCUT2D eigenvalue weighted by atomic mass is 16.6. The zero-order valence-corrected chi connectivity index (χ0v) is 22.7. The van der Waals surface area contributed by atoms with Gasteiger partial charge in [0, 0.05) is 90.8 Å². The number of hydrogen-bond acceptors (Lipinski definition) is 8. The molecule has 7 fully saturated rings. The zero-order chi connectivity index (χ0) is 25.3. The molecule has 1 aliphatic carbocycles. The van der Waals surface area contributed by atoms with Crippen molar-refractivity contribution in [1.82, 2.24) is 24.9 Å². The average Bonchev–Trinajstić information content (AvgIpc) is 3.29. The van der Waals surface area contributed by atoms with Gasteiger partial charge in [0.05, 0.1) is 0 Å². The SMILES string of the molecule is CC1(C)CC(NC(=O)OC2CCN3CCN2CC3)CC(C)(CCC(=O)OC2CCN3CCN2CC3)C1. The Labute approximate surface area is 216 Å². The van der Waals surface area contributed by atoms with Gasteiger partial charge in [-0.2, -0.15) is 0 Å². The van der Waals surface area contributed by atoms with E-state index in [2.05, 4.69) is 45.7 Å². The van der Waals surface area contributed by atoms with Crippen LogP contribution in [0.15, 0.2) is 0 Å². The number of fused-ring (bicyclic) bond motifs is 8. The molecule has 4 atom stereocenters. The highest BCUT2D eigenvalue weighted by Crippen LogP contribution is 2.48. The number of piperazine rings is 2. The van der Waals surface area contributed by atoms with Crippen LogP contribution in [0.3, 0.4) is 0 Å². The third kappa shape index (κ3) is 6.52. The van der Waals surface area contributed by atoms with Gasteiger partial charge >= 0.3 is 12.1 Å². The smallest absolute Gasteiger partial charge is 0.408 e. The van der Waals surface area contributed by atoms with Crippen molar-refractivity contribution in [2.75, 3.05) is 65.4 Å². The van der Waals surface area contributed by atoms with Crippen LogP contribution in [0.2, 0.25) is 0 Å². The molecule has 4 bridgehead atoms. The largest absolute Gasteiger partial charge is 0.446 e. The Morgan fingerprint density at radius 1 is 0.778 bits per heavy atom. The Morgan fingerprint density at radius 3 is 1.92 bits per heavy atom. The summed E-state index contributed by atoms with van der Waals surface area (Å²) in [7, 11) is 0. The van der Waals surface area contributed by atoms with Crippen LogP contribution >= 0.6 is 0 Å². The molecule has 9 nitrogen and oxygen atoms in total. The van der Waals surface area contributed by atoms with Gasteiger partial charge < -0.3 is 24.6 Å². The van der Waals surface area contributed by atoms with Crippen LogP contribution in [-0.2, 0) is 14.3 Å². The van der Waals surface area contributed by atoms with Crippen molar-refractivity contribution in [2.45, 2.75) is 84.2 Å². The van der Waals surface area contributed by atoms with Crippen LogP contribution in [0, 0.1) is 10.8 Å². The summed E-state index contributed by atoms with van der Waals surface area (Å²) in [5.41, 5.74) is 0.0668. The molecule has 6 aliphatic heterocycles. The van der Waals surface area contributed by atoms with Gasteiger partial charge in [0.15, 0.2) is 12.5 Å². The van der Waals surface area contributed by atoms with Crippen LogP contribution in [-0.4, -0.2) is 116 Å². The minimum Gasteiger partial charge on any atom is -0.446 e. The quantitative estimate of drug-likeness (QED) is 0.551. The molecule has 6 heterocycles. The fourth-order valence-electron chi connectivity index (χ4n) is 7.63. The van der Waals surface area contributed by atoms with E-state index in [9.17, 15) is 9.59 Å². The lowest BCUT2D eigenvalue weighted by Crippen LogP contribution is -2.50. The maximum absolute atomic E-state index is 12.9. The van der Waals surface area contributed by atoms with Gasteiger partial charge in [-0.15, -0.1) is 0 Å². The minimum absolute atomic E-state index is 0.0234. The molecule has 1 saturated carbocycles. The first-order chi connectivity index (χ1) is 17.2. The second-order valence-corrected chi connectivity index (χ2v) is 13.0. The van der Waals surface area contributed by atoms with Gasteiger partial charge in [0.1, 0.15) is 0 Å². The van der Waals surface area contributed by atoms with Crippen molar-refractivity contribution in [1.29, 1.82) is 0 Å². The van der Waals surface area contributed by atoms with E-state index in [-0.39, 0.29) is 41.4 Å². The summed E-state index contributed by atoms with van der Waals surface area (Å²) in [6.07, 6.45) is 5.34. The minimum atomic E-state index is -0.294. The first-order valence-corrected chi connectivity index (χ1v) is 14.3. The molecule has 1 amide bonds. The Kier molecular flexibility index (Phi) is 7.82. The van der Waals surface area contributed by atoms with E-state index in [1.807, 2.05) is 0 Å². The molecule has 7 rings (SSSR count). The Hall–Kier alpha value is -1.42. The zero-order valence-electron chi connectivity index (χ0n) is 22.7. The summed E-state index contributed by atoms with van der Waals surface area (Å²) < 4.78 is 11.9.